The van der Waals surface area contributed by atoms with Gasteiger partial charge in [0.1, 0.15) is 0 Å². The number of hydrogen-bond donors (Lipinski definition) is 0. The molecule has 0 saturated carbocycles. The van der Waals surface area contributed by atoms with E-state index in [0.29, 0.717) is 6.04 Å². The van der Waals surface area contributed by atoms with E-state index in [1.807, 2.05) is 18.6 Å². The topological polar surface area (TPSA) is 58.0 Å². The van der Waals surface area contributed by atoms with Gasteiger partial charge in [-0.3, -0.25) is 14.9 Å². The van der Waals surface area contributed by atoms with E-state index in [1.54, 1.807) is 24.2 Å². The van der Waals surface area contributed by atoms with E-state index >= 15 is 0 Å². The van der Waals surface area contributed by atoms with Crippen LogP contribution in [-0.4, -0.2) is 57.3 Å². The zero-order chi connectivity index (χ0) is 17.9. The predicted octanol–water partition coefficient (Wildman–Crippen LogP) is 3.02. The molecule has 3 heterocycles. The van der Waals surface area contributed by atoms with E-state index in [0.717, 1.165) is 48.1 Å². The molecule has 1 atom stereocenters. The second-order valence-electron chi connectivity index (χ2n) is 6.43. The molecule has 0 radical (unpaired) electrons. The fourth-order valence-electron chi connectivity index (χ4n) is 3.34. The molecule has 134 valence electrons. The van der Waals surface area contributed by atoms with Gasteiger partial charge in [-0.05, 0) is 30.9 Å². The molecule has 1 aliphatic heterocycles. The van der Waals surface area contributed by atoms with Crippen LogP contribution in [0.15, 0.2) is 47.9 Å². The normalized spacial score (nSPS) is 16.8. The number of thioether (sulfide) groups is 1. The Morgan fingerprint density at radius 3 is 2.31 bits per heavy atom. The van der Waals surface area contributed by atoms with E-state index < -0.39 is 0 Å². The third-order valence-corrected chi connectivity index (χ3v) is 5.65. The highest BCUT2D eigenvalue weighted by Gasteiger charge is 2.23. The van der Waals surface area contributed by atoms with Crippen molar-refractivity contribution in [3.8, 4) is 0 Å². The largest absolute Gasteiger partial charge is 0.338 e. The summed E-state index contributed by atoms with van der Waals surface area (Å²) in [5.74, 6) is 0.830. The summed E-state index contributed by atoms with van der Waals surface area (Å²) in [5.41, 5.74) is 3.18. The molecule has 2 aromatic heterocycles. The first-order chi connectivity index (χ1) is 12.7. The number of rotatable bonds is 4. The van der Waals surface area contributed by atoms with Crippen LogP contribution in [0.25, 0.3) is 11.0 Å². The molecular weight excluding hydrogens is 344 g/mol. The first-order valence-electron chi connectivity index (χ1n) is 8.80. The second kappa shape index (κ2) is 7.55. The lowest BCUT2D eigenvalue weighted by Crippen LogP contribution is -2.47. The van der Waals surface area contributed by atoms with Crippen LogP contribution in [-0.2, 0) is 0 Å². The number of benzene rings is 1. The molecule has 0 amide bonds. The second-order valence-corrected chi connectivity index (χ2v) is 7.31. The molecule has 1 fully saturated rings. The molecule has 26 heavy (non-hydrogen) atoms. The van der Waals surface area contributed by atoms with Crippen LogP contribution >= 0.6 is 11.8 Å². The Hall–Kier alpha value is -2.25. The minimum atomic E-state index is 0.350. The minimum absolute atomic E-state index is 0.350. The molecule has 0 aliphatic carbocycles. The summed E-state index contributed by atoms with van der Waals surface area (Å²) in [6.45, 7) is 6.13. The maximum absolute atomic E-state index is 4.50. The van der Waals surface area contributed by atoms with E-state index in [-0.39, 0.29) is 0 Å². The van der Waals surface area contributed by atoms with Gasteiger partial charge in [-0.15, -0.1) is 11.8 Å². The van der Waals surface area contributed by atoms with Crippen LogP contribution in [0.2, 0.25) is 0 Å². The third kappa shape index (κ3) is 3.50. The van der Waals surface area contributed by atoms with Gasteiger partial charge in [0.15, 0.2) is 0 Å². The molecule has 0 N–H and O–H groups in total. The molecule has 7 heteroatoms. The summed E-state index contributed by atoms with van der Waals surface area (Å²) >= 11 is 1.67. The number of hydrogen-bond acceptors (Lipinski definition) is 7. The molecule has 4 rings (SSSR count). The van der Waals surface area contributed by atoms with Gasteiger partial charge in [0.05, 0.1) is 11.0 Å². The van der Waals surface area contributed by atoms with E-state index in [4.69, 9.17) is 0 Å². The quantitative estimate of drug-likeness (QED) is 0.658. The van der Waals surface area contributed by atoms with Crippen LogP contribution in [0.3, 0.4) is 0 Å². The summed E-state index contributed by atoms with van der Waals surface area (Å²) in [6, 6.07) is 6.73. The number of piperazine rings is 1. The van der Waals surface area contributed by atoms with Gasteiger partial charge < -0.3 is 4.90 Å². The highest BCUT2D eigenvalue weighted by atomic mass is 32.2. The Bertz CT molecular complexity index is 877. The van der Waals surface area contributed by atoms with Crippen molar-refractivity contribution in [2.45, 2.75) is 17.9 Å². The Morgan fingerprint density at radius 2 is 1.62 bits per heavy atom. The van der Waals surface area contributed by atoms with Crippen molar-refractivity contribution >= 4 is 28.7 Å². The van der Waals surface area contributed by atoms with Gasteiger partial charge in [0.25, 0.3) is 0 Å². The first-order valence-corrected chi connectivity index (χ1v) is 10.0. The Kier molecular flexibility index (Phi) is 4.99. The van der Waals surface area contributed by atoms with Gasteiger partial charge in [-0.25, -0.2) is 9.97 Å². The smallest absolute Gasteiger partial charge is 0.225 e. The third-order valence-electron chi connectivity index (χ3n) is 4.97. The maximum Gasteiger partial charge on any atom is 0.225 e. The summed E-state index contributed by atoms with van der Waals surface area (Å²) in [5, 5.41) is 0. The summed E-state index contributed by atoms with van der Waals surface area (Å²) in [6.07, 6.45) is 9.32. The molecule has 0 spiro atoms. The zero-order valence-electron chi connectivity index (χ0n) is 15.0. The average molecular weight is 366 g/mol. The van der Waals surface area contributed by atoms with E-state index in [1.165, 1.54) is 5.56 Å². The van der Waals surface area contributed by atoms with E-state index in [2.05, 4.69) is 54.9 Å². The van der Waals surface area contributed by atoms with Crippen molar-refractivity contribution in [1.82, 2.24) is 24.8 Å². The van der Waals surface area contributed by atoms with Crippen molar-refractivity contribution in [1.29, 1.82) is 0 Å². The standard InChI is InChI=1S/C19H22N6S/c1-14(15-3-4-17-18(11-15)21-6-5-20-17)24-7-9-25(10-8-24)19-22-12-16(26-2)13-23-19/h3-6,11-14H,7-10H2,1-2H3. The van der Waals surface area contributed by atoms with Gasteiger partial charge >= 0.3 is 0 Å². The van der Waals surface area contributed by atoms with Crippen molar-refractivity contribution < 1.29 is 0 Å². The van der Waals surface area contributed by atoms with Crippen molar-refractivity contribution in [3.05, 3.63) is 48.5 Å². The molecule has 0 bridgehead atoms. The van der Waals surface area contributed by atoms with Crippen LogP contribution < -0.4 is 4.90 Å². The first kappa shape index (κ1) is 17.2. The number of aromatic nitrogens is 4. The van der Waals surface area contributed by atoms with Crippen LogP contribution in [0.1, 0.15) is 18.5 Å². The lowest BCUT2D eigenvalue weighted by atomic mass is 10.1. The van der Waals surface area contributed by atoms with Gasteiger partial charge in [-0.2, -0.15) is 0 Å². The lowest BCUT2D eigenvalue weighted by Gasteiger charge is -2.38. The Labute approximate surface area is 157 Å². The highest BCUT2D eigenvalue weighted by molar-refractivity contribution is 7.98. The summed E-state index contributed by atoms with van der Waals surface area (Å²) in [4.78, 5) is 23.6. The average Bonchev–Trinajstić information content (AvgIpc) is 2.73. The molecule has 1 aromatic carbocycles. The SMILES string of the molecule is CSc1cnc(N2CCN(C(C)c3ccc4nccnc4c3)CC2)nc1. The van der Waals surface area contributed by atoms with Gasteiger partial charge in [0, 0.05) is 61.9 Å². The molecular formula is C19H22N6S. The molecule has 3 aromatic rings. The zero-order valence-corrected chi connectivity index (χ0v) is 15.9. The Balaban J connectivity index is 1.42. The summed E-state index contributed by atoms with van der Waals surface area (Å²) in [7, 11) is 0. The van der Waals surface area contributed by atoms with Crippen LogP contribution in [0.4, 0.5) is 5.95 Å². The number of nitrogens with zero attached hydrogens (tertiary/aromatic N) is 6. The van der Waals surface area contributed by atoms with Crippen molar-refractivity contribution in [3.63, 3.8) is 0 Å². The van der Waals surface area contributed by atoms with Crippen LogP contribution in [0, 0.1) is 0 Å². The number of anilines is 1. The summed E-state index contributed by atoms with van der Waals surface area (Å²) < 4.78 is 0. The molecule has 1 saturated heterocycles. The molecule has 6 nitrogen and oxygen atoms in total. The lowest BCUT2D eigenvalue weighted by molar-refractivity contribution is 0.198. The fourth-order valence-corrected chi connectivity index (χ4v) is 3.65. The van der Waals surface area contributed by atoms with E-state index in [9.17, 15) is 0 Å². The molecule has 1 aliphatic rings. The van der Waals surface area contributed by atoms with Crippen molar-refractivity contribution in [2.75, 3.05) is 37.3 Å². The fraction of sp³-hybridized carbons (Fsp3) is 0.368. The minimum Gasteiger partial charge on any atom is -0.338 e. The Morgan fingerprint density at radius 1 is 0.923 bits per heavy atom. The molecule has 1 unspecified atom stereocenters. The van der Waals surface area contributed by atoms with Gasteiger partial charge in [0.2, 0.25) is 5.95 Å². The van der Waals surface area contributed by atoms with Crippen molar-refractivity contribution in [2.24, 2.45) is 0 Å². The maximum atomic E-state index is 4.50. The van der Waals surface area contributed by atoms with Crippen LogP contribution in [0.5, 0.6) is 0 Å². The van der Waals surface area contributed by atoms with Gasteiger partial charge in [-0.1, -0.05) is 6.07 Å². The monoisotopic (exact) mass is 366 g/mol. The highest BCUT2D eigenvalue weighted by Crippen LogP contribution is 2.25. The number of fused-ring (bicyclic) bond motifs is 1. The predicted molar refractivity (Wildman–Crippen MR) is 106 cm³/mol.